The van der Waals surface area contributed by atoms with Gasteiger partial charge in [-0.2, -0.15) is 17.5 Å². The number of nitrogens with zero attached hydrogens (tertiary/aromatic N) is 1. The van der Waals surface area contributed by atoms with Crippen LogP contribution >= 0.6 is 11.3 Å². The maximum Gasteiger partial charge on any atom is 0.416 e. The molecule has 1 heterocycles. The number of benzene rings is 1. The van der Waals surface area contributed by atoms with Gasteiger partial charge in [0.05, 0.1) is 11.8 Å². The first kappa shape index (κ1) is 20.7. The average molecular weight is 407 g/mol. The fraction of sp³-hybridized carbons (Fsp3) is 0.412. The van der Waals surface area contributed by atoms with Gasteiger partial charge >= 0.3 is 6.18 Å². The first-order valence-electron chi connectivity index (χ1n) is 7.94. The van der Waals surface area contributed by atoms with E-state index in [-0.39, 0.29) is 18.9 Å². The summed E-state index contributed by atoms with van der Waals surface area (Å²) in [6.07, 6.45) is -1.89. The Morgan fingerprint density at radius 2 is 1.92 bits per heavy atom. The molecule has 0 unspecified atom stereocenters. The van der Waals surface area contributed by atoms with Crippen LogP contribution in [-0.2, 0) is 22.6 Å². The Morgan fingerprint density at radius 3 is 2.54 bits per heavy atom. The van der Waals surface area contributed by atoms with Crippen molar-refractivity contribution < 1.29 is 26.3 Å². The van der Waals surface area contributed by atoms with E-state index in [0.29, 0.717) is 13.0 Å². The van der Waals surface area contributed by atoms with Gasteiger partial charge in [0.15, 0.2) is 0 Å². The third-order valence-electron chi connectivity index (χ3n) is 3.65. The van der Waals surface area contributed by atoms with Gasteiger partial charge in [-0.05, 0) is 42.5 Å². The van der Waals surface area contributed by atoms with Gasteiger partial charge in [0, 0.05) is 18.0 Å². The van der Waals surface area contributed by atoms with Crippen molar-refractivity contribution in [2.24, 2.45) is 0 Å². The third kappa shape index (κ3) is 6.62. The minimum atomic E-state index is -4.44. The second-order valence-electron chi connectivity index (χ2n) is 5.72. The molecule has 144 valence electrons. The molecule has 0 aliphatic carbocycles. The van der Waals surface area contributed by atoms with Crippen molar-refractivity contribution in [2.75, 3.05) is 26.0 Å². The summed E-state index contributed by atoms with van der Waals surface area (Å²) < 4.78 is 68.4. The molecule has 0 fully saturated rings. The molecule has 0 N–H and O–H groups in total. The monoisotopic (exact) mass is 407 g/mol. The van der Waals surface area contributed by atoms with Gasteiger partial charge in [-0.3, -0.25) is 0 Å². The molecule has 0 spiro atoms. The van der Waals surface area contributed by atoms with Crippen molar-refractivity contribution in [1.82, 2.24) is 4.31 Å². The van der Waals surface area contributed by atoms with Crippen LogP contribution in [0.4, 0.5) is 13.2 Å². The largest absolute Gasteiger partial charge is 0.492 e. The van der Waals surface area contributed by atoms with Gasteiger partial charge in [0.25, 0.3) is 0 Å². The van der Waals surface area contributed by atoms with E-state index in [1.54, 1.807) is 11.3 Å². The fourth-order valence-electron chi connectivity index (χ4n) is 2.36. The van der Waals surface area contributed by atoms with E-state index in [2.05, 4.69) is 0 Å². The molecule has 0 aliphatic rings. The van der Waals surface area contributed by atoms with Crippen LogP contribution in [0.2, 0.25) is 0 Å². The van der Waals surface area contributed by atoms with E-state index in [0.717, 1.165) is 24.8 Å². The lowest BCUT2D eigenvalue weighted by Crippen LogP contribution is -2.34. The maximum atomic E-state index is 12.7. The zero-order valence-electron chi connectivity index (χ0n) is 14.2. The van der Waals surface area contributed by atoms with Crippen LogP contribution in [-0.4, -0.2) is 38.7 Å². The molecule has 0 bridgehead atoms. The van der Waals surface area contributed by atoms with E-state index in [1.165, 1.54) is 21.3 Å². The second kappa shape index (κ2) is 8.88. The number of halogens is 3. The van der Waals surface area contributed by atoms with Crippen molar-refractivity contribution in [3.63, 3.8) is 0 Å². The number of hydrogen-bond donors (Lipinski definition) is 0. The number of rotatable bonds is 9. The molecule has 1 aromatic carbocycles. The highest BCUT2D eigenvalue weighted by Gasteiger charge is 2.30. The fourth-order valence-corrected chi connectivity index (χ4v) is 3.97. The van der Waals surface area contributed by atoms with Crippen LogP contribution in [0.25, 0.3) is 0 Å². The van der Waals surface area contributed by atoms with Gasteiger partial charge in [-0.15, -0.1) is 11.3 Å². The molecule has 1 aromatic heterocycles. The highest BCUT2D eigenvalue weighted by Crippen LogP contribution is 2.31. The molecule has 4 nitrogen and oxygen atoms in total. The van der Waals surface area contributed by atoms with Crippen LogP contribution in [0.1, 0.15) is 16.9 Å². The molecule has 0 aliphatic heterocycles. The van der Waals surface area contributed by atoms with Gasteiger partial charge in [-0.1, -0.05) is 12.1 Å². The number of hydrogen-bond acceptors (Lipinski definition) is 4. The minimum Gasteiger partial charge on any atom is -0.492 e. The van der Waals surface area contributed by atoms with E-state index in [4.69, 9.17) is 4.74 Å². The van der Waals surface area contributed by atoms with Crippen LogP contribution in [0.15, 0.2) is 41.8 Å². The van der Waals surface area contributed by atoms with Gasteiger partial charge in [-0.25, -0.2) is 8.42 Å². The topological polar surface area (TPSA) is 46.6 Å². The maximum absolute atomic E-state index is 12.7. The Kier molecular flexibility index (Phi) is 7.08. The molecule has 2 aromatic rings. The number of ether oxygens (including phenoxy) is 1. The predicted molar refractivity (Wildman–Crippen MR) is 96.0 cm³/mol. The SMILES string of the molecule is CS(=O)(=O)N(CCCc1cccs1)CCOc1cccc(C(F)(F)F)c1. The van der Waals surface area contributed by atoms with Crippen LogP contribution in [0.5, 0.6) is 5.75 Å². The molecule has 0 radical (unpaired) electrons. The average Bonchev–Trinajstić information content (AvgIpc) is 3.05. The first-order chi connectivity index (χ1) is 12.2. The van der Waals surface area contributed by atoms with E-state index in [9.17, 15) is 21.6 Å². The quantitative estimate of drug-likeness (QED) is 0.630. The summed E-state index contributed by atoms with van der Waals surface area (Å²) in [4.78, 5) is 1.18. The molecule has 26 heavy (non-hydrogen) atoms. The van der Waals surface area contributed by atoms with Gasteiger partial charge < -0.3 is 4.74 Å². The number of thiophene rings is 1. The number of alkyl halides is 3. The molecule has 2 rings (SSSR count). The number of aryl methyl sites for hydroxylation is 1. The molecule has 0 saturated carbocycles. The van der Waals surface area contributed by atoms with E-state index < -0.39 is 21.8 Å². The molecule has 0 atom stereocenters. The summed E-state index contributed by atoms with van der Waals surface area (Å²) >= 11 is 1.62. The van der Waals surface area contributed by atoms with Crippen molar-refractivity contribution in [2.45, 2.75) is 19.0 Å². The highest BCUT2D eigenvalue weighted by molar-refractivity contribution is 7.88. The van der Waals surface area contributed by atoms with Crippen LogP contribution in [0.3, 0.4) is 0 Å². The van der Waals surface area contributed by atoms with Crippen molar-refractivity contribution in [1.29, 1.82) is 0 Å². The Morgan fingerprint density at radius 1 is 1.15 bits per heavy atom. The zero-order chi connectivity index (χ0) is 19.2. The molecule has 9 heteroatoms. The highest BCUT2D eigenvalue weighted by atomic mass is 32.2. The van der Waals surface area contributed by atoms with E-state index >= 15 is 0 Å². The lowest BCUT2D eigenvalue weighted by molar-refractivity contribution is -0.137. The van der Waals surface area contributed by atoms with Crippen LogP contribution < -0.4 is 4.74 Å². The number of sulfonamides is 1. The van der Waals surface area contributed by atoms with Crippen molar-refractivity contribution in [3.8, 4) is 5.75 Å². The summed E-state index contributed by atoms with van der Waals surface area (Å²) in [5.74, 6) is 0.0619. The third-order valence-corrected chi connectivity index (χ3v) is 5.89. The Labute approximate surface area is 155 Å². The lowest BCUT2D eigenvalue weighted by Gasteiger charge is -2.20. The molecule has 0 saturated heterocycles. The first-order valence-corrected chi connectivity index (χ1v) is 10.7. The normalized spacial score (nSPS) is 12.5. The summed E-state index contributed by atoms with van der Waals surface area (Å²) in [5, 5.41) is 1.96. The zero-order valence-corrected chi connectivity index (χ0v) is 15.8. The molecule has 0 amide bonds. The van der Waals surface area contributed by atoms with Crippen molar-refractivity contribution >= 4 is 21.4 Å². The minimum absolute atomic E-state index is 0.0205. The smallest absolute Gasteiger partial charge is 0.416 e. The summed E-state index contributed by atoms with van der Waals surface area (Å²) in [6, 6.07) is 8.47. The van der Waals surface area contributed by atoms with Crippen LogP contribution in [0, 0.1) is 0 Å². The Balaban J connectivity index is 1.87. The summed E-state index contributed by atoms with van der Waals surface area (Å²) in [5.41, 5.74) is -0.800. The second-order valence-corrected chi connectivity index (χ2v) is 8.73. The lowest BCUT2D eigenvalue weighted by atomic mass is 10.2. The summed E-state index contributed by atoms with van der Waals surface area (Å²) in [6.45, 7) is 0.398. The standard InChI is InChI=1S/C17H20F3NO3S2/c1-26(22,23)21(9-3-7-16-8-4-12-25-16)10-11-24-15-6-2-5-14(13-15)17(18,19)20/h2,4-6,8,12-13H,3,7,9-11H2,1H3. The van der Waals surface area contributed by atoms with Crippen molar-refractivity contribution in [3.05, 3.63) is 52.2 Å². The summed E-state index contributed by atoms with van der Waals surface area (Å²) in [7, 11) is -3.42. The Bertz CT molecular complexity index is 790. The molecular weight excluding hydrogens is 387 g/mol. The Hall–Kier alpha value is -1.58. The van der Waals surface area contributed by atoms with Gasteiger partial charge in [0.1, 0.15) is 12.4 Å². The van der Waals surface area contributed by atoms with Gasteiger partial charge in [0.2, 0.25) is 10.0 Å². The predicted octanol–water partition coefficient (Wildman–Crippen LogP) is 4.04. The van der Waals surface area contributed by atoms with E-state index in [1.807, 2.05) is 17.5 Å². The molecular formula is C17H20F3NO3S2.